The summed E-state index contributed by atoms with van der Waals surface area (Å²) in [5.74, 6) is 2.16. The zero-order chi connectivity index (χ0) is 14.4. The summed E-state index contributed by atoms with van der Waals surface area (Å²) in [6, 6.07) is 0. The van der Waals surface area contributed by atoms with Crippen molar-refractivity contribution in [1.82, 2.24) is 9.80 Å². The van der Waals surface area contributed by atoms with Gasteiger partial charge in [-0.1, -0.05) is 6.92 Å². The van der Waals surface area contributed by atoms with E-state index in [0.29, 0.717) is 5.92 Å². The summed E-state index contributed by atoms with van der Waals surface area (Å²) in [7, 11) is 1.76. The van der Waals surface area contributed by atoms with Gasteiger partial charge in [0.15, 0.2) is 5.96 Å². The van der Waals surface area contributed by atoms with Gasteiger partial charge in [0.1, 0.15) is 0 Å². The lowest BCUT2D eigenvalue weighted by Gasteiger charge is -2.31. The van der Waals surface area contributed by atoms with Gasteiger partial charge in [0.05, 0.1) is 6.61 Å². The fourth-order valence-electron chi connectivity index (χ4n) is 3.21. The van der Waals surface area contributed by atoms with E-state index < -0.39 is 0 Å². The molecule has 0 spiro atoms. The second-order valence-corrected chi connectivity index (χ2v) is 6.34. The molecule has 2 heterocycles. The van der Waals surface area contributed by atoms with Crippen molar-refractivity contribution in [2.24, 2.45) is 22.6 Å². The molecule has 2 N–H and O–H groups in total. The lowest BCUT2D eigenvalue weighted by molar-refractivity contribution is 0.159. The smallest absolute Gasteiger partial charge is 0.191 e. The fourth-order valence-corrected chi connectivity index (χ4v) is 3.21. The number of piperidine rings is 1. The summed E-state index contributed by atoms with van der Waals surface area (Å²) in [6.07, 6.45) is 3.80. The van der Waals surface area contributed by atoms with Crippen molar-refractivity contribution >= 4 is 29.9 Å². The van der Waals surface area contributed by atoms with Crippen LogP contribution >= 0.6 is 24.0 Å². The van der Waals surface area contributed by atoms with E-state index in [1.54, 1.807) is 7.11 Å². The number of guanidine groups is 1. The predicted molar refractivity (Wildman–Crippen MR) is 98.3 cm³/mol. The van der Waals surface area contributed by atoms with Gasteiger partial charge in [-0.05, 0) is 37.6 Å². The van der Waals surface area contributed by atoms with Crippen LogP contribution < -0.4 is 5.73 Å². The van der Waals surface area contributed by atoms with E-state index in [2.05, 4.69) is 21.7 Å². The number of hydrogen-bond acceptors (Lipinski definition) is 3. The SMILES string of the molecule is COCCN1CCC(CN=C(N)N2CCCC(C)C2)C1.I. The average Bonchev–Trinajstić information content (AvgIpc) is 2.90. The number of hydrogen-bond donors (Lipinski definition) is 1. The molecule has 124 valence electrons. The van der Waals surface area contributed by atoms with Gasteiger partial charge >= 0.3 is 0 Å². The van der Waals surface area contributed by atoms with Gasteiger partial charge in [0.2, 0.25) is 0 Å². The lowest BCUT2D eigenvalue weighted by Crippen LogP contribution is -2.43. The predicted octanol–water partition coefficient (Wildman–Crippen LogP) is 1.62. The number of rotatable bonds is 5. The molecule has 6 heteroatoms. The molecule has 2 saturated heterocycles. The Morgan fingerprint density at radius 1 is 1.29 bits per heavy atom. The molecular formula is C15H31IN4O. The number of likely N-dealkylation sites (tertiary alicyclic amines) is 2. The topological polar surface area (TPSA) is 54.1 Å². The van der Waals surface area contributed by atoms with Crippen LogP contribution in [-0.2, 0) is 4.74 Å². The molecule has 2 rings (SSSR count). The van der Waals surface area contributed by atoms with Crippen LogP contribution in [-0.4, -0.2) is 68.7 Å². The molecule has 0 aromatic carbocycles. The van der Waals surface area contributed by atoms with Crippen molar-refractivity contribution in [1.29, 1.82) is 0 Å². The first kappa shape index (κ1) is 19.0. The summed E-state index contributed by atoms with van der Waals surface area (Å²) in [4.78, 5) is 9.36. The van der Waals surface area contributed by atoms with Gasteiger partial charge in [0.25, 0.3) is 0 Å². The van der Waals surface area contributed by atoms with Crippen molar-refractivity contribution in [2.75, 3.05) is 53.0 Å². The number of ether oxygens (including phenoxy) is 1. The fraction of sp³-hybridized carbons (Fsp3) is 0.933. The molecule has 2 atom stereocenters. The standard InChI is InChI=1S/C15H30N4O.HI/c1-13-4-3-6-19(11-13)15(16)17-10-14-5-7-18(12-14)8-9-20-2;/h13-14H,3-12H2,1-2H3,(H2,16,17);1H. The van der Waals surface area contributed by atoms with Gasteiger partial charge in [0, 0.05) is 39.8 Å². The normalized spacial score (nSPS) is 27.7. The van der Waals surface area contributed by atoms with Crippen molar-refractivity contribution < 1.29 is 4.74 Å². The van der Waals surface area contributed by atoms with Gasteiger partial charge in [-0.3, -0.25) is 4.99 Å². The molecule has 0 bridgehead atoms. The molecular weight excluding hydrogens is 379 g/mol. The number of nitrogens with two attached hydrogens (primary N) is 1. The molecule has 21 heavy (non-hydrogen) atoms. The molecule has 2 fully saturated rings. The molecule has 2 unspecified atom stereocenters. The largest absolute Gasteiger partial charge is 0.383 e. The monoisotopic (exact) mass is 410 g/mol. The second-order valence-electron chi connectivity index (χ2n) is 6.34. The van der Waals surface area contributed by atoms with Gasteiger partial charge < -0.3 is 20.3 Å². The molecule has 0 aliphatic carbocycles. The lowest BCUT2D eigenvalue weighted by atomic mass is 10.0. The summed E-state index contributed by atoms with van der Waals surface area (Å²) in [5.41, 5.74) is 6.15. The van der Waals surface area contributed by atoms with E-state index in [1.807, 2.05) is 0 Å². The van der Waals surface area contributed by atoms with Crippen molar-refractivity contribution in [3.63, 3.8) is 0 Å². The molecule has 0 aromatic heterocycles. The number of aliphatic imine (C=N–C) groups is 1. The first-order valence-electron chi connectivity index (χ1n) is 7.95. The van der Waals surface area contributed by atoms with Gasteiger partial charge in [-0.2, -0.15) is 0 Å². The third kappa shape index (κ3) is 6.28. The Morgan fingerprint density at radius 2 is 2.10 bits per heavy atom. The zero-order valence-corrected chi connectivity index (χ0v) is 15.8. The van der Waals surface area contributed by atoms with Gasteiger partial charge in [-0.25, -0.2) is 0 Å². The summed E-state index contributed by atoms with van der Waals surface area (Å²) in [6.45, 7) is 9.48. The first-order chi connectivity index (χ1) is 9.69. The van der Waals surface area contributed by atoms with E-state index in [-0.39, 0.29) is 24.0 Å². The average molecular weight is 410 g/mol. The highest BCUT2D eigenvalue weighted by atomic mass is 127. The van der Waals surface area contributed by atoms with Crippen molar-refractivity contribution in [2.45, 2.75) is 26.2 Å². The maximum atomic E-state index is 6.15. The molecule has 0 aromatic rings. The number of methoxy groups -OCH3 is 1. The van der Waals surface area contributed by atoms with E-state index >= 15 is 0 Å². The van der Waals surface area contributed by atoms with E-state index in [9.17, 15) is 0 Å². The second kappa shape index (κ2) is 9.84. The van der Waals surface area contributed by atoms with Crippen LogP contribution in [0.25, 0.3) is 0 Å². The molecule has 2 aliphatic heterocycles. The minimum atomic E-state index is 0. The minimum Gasteiger partial charge on any atom is -0.383 e. The van der Waals surface area contributed by atoms with Crippen LogP contribution in [0, 0.1) is 11.8 Å². The molecule has 5 nitrogen and oxygen atoms in total. The highest BCUT2D eigenvalue weighted by molar-refractivity contribution is 14.0. The Hall–Kier alpha value is -0.0800. The van der Waals surface area contributed by atoms with Crippen LogP contribution in [0.2, 0.25) is 0 Å². The van der Waals surface area contributed by atoms with E-state index in [0.717, 1.165) is 51.2 Å². The highest BCUT2D eigenvalue weighted by Crippen LogP contribution is 2.17. The van der Waals surface area contributed by atoms with E-state index in [4.69, 9.17) is 10.5 Å². The molecule has 0 radical (unpaired) electrons. The Bertz CT molecular complexity index is 327. The van der Waals surface area contributed by atoms with Crippen LogP contribution in [0.5, 0.6) is 0 Å². The highest BCUT2D eigenvalue weighted by Gasteiger charge is 2.22. The Kier molecular flexibility index (Phi) is 8.89. The van der Waals surface area contributed by atoms with Crippen molar-refractivity contribution in [3.8, 4) is 0 Å². The van der Waals surface area contributed by atoms with E-state index in [1.165, 1.54) is 25.8 Å². The summed E-state index contributed by atoms with van der Waals surface area (Å²) in [5, 5.41) is 0. The molecule has 0 amide bonds. The third-order valence-electron chi connectivity index (χ3n) is 4.47. The number of halogens is 1. The summed E-state index contributed by atoms with van der Waals surface area (Å²) < 4.78 is 5.13. The van der Waals surface area contributed by atoms with Crippen LogP contribution in [0.15, 0.2) is 4.99 Å². The molecule has 2 aliphatic rings. The van der Waals surface area contributed by atoms with Crippen LogP contribution in [0.1, 0.15) is 26.2 Å². The summed E-state index contributed by atoms with van der Waals surface area (Å²) >= 11 is 0. The maximum Gasteiger partial charge on any atom is 0.191 e. The van der Waals surface area contributed by atoms with Gasteiger partial charge in [-0.15, -0.1) is 24.0 Å². The Morgan fingerprint density at radius 3 is 2.81 bits per heavy atom. The van der Waals surface area contributed by atoms with Crippen molar-refractivity contribution in [3.05, 3.63) is 0 Å². The van der Waals surface area contributed by atoms with Crippen LogP contribution in [0.3, 0.4) is 0 Å². The first-order valence-corrected chi connectivity index (χ1v) is 7.95. The number of nitrogens with zero attached hydrogens (tertiary/aromatic N) is 3. The Balaban J connectivity index is 0.00000220. The Labute approximate surface area is 146 Å². The molecule has 0 saturated carbocycles. The minimum absolute atomic E-state index is 0. The third-order valence-corrected chi connectivity index (χ3v) is 4.47. The van der Waals surface area contributed by atoms with Crippen LogP contribution in [0.4, 0.5) is 0 Å². The zero-order valence-electron chi connectivity index (χ0n) is 13.5. The quantitative estimate of drug-likeness (QED) is 0.425. The maximum absolute atomic E-state index is 6.15.